The van der Waals surface area contributed by atoms with E-state index >= 15 is 0 Å². The molecular formula is C18H24N4O3. The van der Waals surface area contributed by atoms with Crippen LogP contribution in [0.4, 0.5) is 0 Å². The summed E-state index contributed by atoms with van der Waals surface area (Å²) >= 11 is 0. The van der Waals surface area contributed by atoms with Gasteiger partial charge in [0.2, 0.25) is 0 Å². The lowest BCUT2D eigenvalue weighted by atomic mass is 10.0. The van der Waals surface area contributed by atoms with Crippen LogP contribution >= 0.6 is 0 Å². The summed E-state index contributed by atoms with van der Waals surface area (Å²) in [5.74, 6) is 0.190. The van der Waals surface area contributed by atoms with Crippen molar-refractivity contribution in [2.75, 3.05) is 26.3 Å². The molecule has 0 aromatic carbocycles. The molecule has 1 amide bonds. The molecule has 0 saturated carbocycles. The van der Waals surface area contributed by atoms with E-state index in [1.54, 1.807) is 12.1 Å². The SMILES string of the molecule is O=C(NCCC1CN(C2CCOCC2)Cc2ccnn21)c1ccco1. The summed E-state index contributed by atoms with van der Waals surface area (Å²) in [4.78, 5) is 14.6. The lowest BCUT2D eigenvalue weighted by Gasteiger charge is -2.40. The molecule has 2 aromatic rings. The Morgan fingerprint density at radius 1 is 1.32 bits per heavy atom. The summed E-state index contributed by atoms with van der Waals surface area (Å²) < 4.78 is 12.7. The first-order valence-electron chi connectivity index (χ1n) is 8.97. The fraction of sp³-hybridized carbons (Fsp3) is 0.556. The highest BCUT2D eigenvalue weighted by atomic mass is 16.5. The Labute approximate surface area is 146 Å². The van der Waals surface area contributed by atoms with Crippen molar-refractivity contribution in [1.29, 1.82) is 0 Å². The maximum atomic E-state index is 12.0. The number of nitrogens with zero attached hydrogens (tertiary/aromatic N) is 3. The molecule has 25 heavy (non-hydrogen) atoms. The first kappa shape index (κ1) is 16.4. The van der Waals surface area contributed by atoms with Gasteiger partial charge in [-0.25, -0.2) is 0 Å². The van der Waals surface area contributed by atoms with Crippen molar-refractivity contribution in [2.45, 2.75) is 37.9 Å². The minimum absolute atomic E-state index is 0.164. The number of aromatic nitrogens is 2. The van der Waals surface area contributed by atoms with Gasteiger partial charge < -0.3 is 14.5 Å². The summed E-state index contributed by atoms with van der Waals surface area (Å²) in [7, 11) is 0. The van der Waals surface area contributed by atoms with Crippen LogP contribution in [0.5, 0.6) is 0 Å². The second-order valence-corrected chi connectivity index (χ2v) is 6.72. The highest BCUT2D eigenvalue weighted by Gasteiger charge is 2.30. The third-order valence-corrected chi connectivity index (χ3v) is 5.12. The van der Waals surface area contributed by atoms with Crippen LogP contribution in [0.25, 0.3) is 0 Å². The number of furan rings is 1. The molecule has 7 heteroatoms. The first-order chi connectivity index (χ1) is 12.3. The predicted octanol–water partition coefficient (Wildman–Crippen LogP) is 1.83. The van der Waals surface area contributed by atoms with Crippen molar-refractivity contribution >= 4 is 5.91 Å². The van der Waals surface area contributed by atoms with E-state index in [0.29, 0.717) is 18.3 Å². The number of carbonyl (C=O) groups is 1. The third kappa shape index (κ3) is 3.62. The average Bonchev–Trinajstić information content (AvgIpc) is 3.34. The van der Waals surface area contributed by atoms with Gasteiger partial charge in [-0.2, -0.15) is 5.10 Å². The van der Waals surface area contributed by atoms with Crippen molar-refractivity contribution in [3.8, 4) is 0 Å². The summed E-state index contributed by atoms with van der Waals surface area (Å²) in [5, 5.41) is 7.44. The first-order valence-corrected chi connectivity index (χ1v) is 8.97. The van der Waals surface area contributed by atoms with Crippen molar-refractivity contribution in [2.24, 2.45) is 0 Å². The average molecular weight is 344 g/mol. The number of hydrogen-bond acceptors (Lipinski definition) is 5. The van der Waals surface area contributed by atoms with Crippen molar-refractivity contribution < 1.29 is 13.9 Å². The van der Waals surface area contributed by atoms with Gasteiger partial charge in [0, 0.05) is 45.1 Å². The summed E-state index contributed by atoms with van der Waals surface area (Å²) in [6.07, 6.45) is 6.42. The standard InChI is InChI=1S/C18H24N4O3/c23-18(17-2-1-9-25-17)19-7-3-15-12-21(14-5-10-24-11-6-14)13-16-4-8-20-22(15)16/h1-2,4,8-9,14-15H,3,5-7,10-13H2,(H,19,23). The Morgan fingerprint density at radius 2 is 2.20 bits per heavy atom. The molecule has 1 unspecified atom stereocenters. The van der Waals surface area contributed by atoms with Crippen molar-refractivity contribution in [3.05, 3.63) is 42.1 Å². The monoisotopic (exact) mass is 344 g/mol. The summed E-state index contributed by atoms with van der Waals surface area (Å²) in [5.41, 5.74) is 1.25. The fourth-order valence-corrected chi connectivity index (χ4v) is 3.81. The quantitative estimate of drug-likeness (QED) is 0.896. The number of carbonyl (C=O) groups excluding carboxylic acids is 1. The minimum Gasteiger partial charge on any atom is -0.459 e. The molecular weight excluding hydrogens is 320 g/mol. The van der Waals surface area contributed by atoms with Crippen molar-refractivity contribution in [3.63, 3.8) is 0 Å². The molecule has 0 radical (unpaired) electrons. The Bertz CT molecular complexity index is 691. The molecule has 0 aliphatic carbocycles. The molecule has 0 bridgehead atoms. The van der Waals surface area contributed by atoms with Gasteiger partial charge in [-0.1, -0.05) is 0 Å². The zero-order valence-electron chi connectivity index (χ0n) is 14.3. The smallest absolute Gasteiger partial charge is 0.286 e. The molecule has 134 valence electrons. The molecule has 1 saturated heterocycles. The van der Waals surface area contributed by atoms with Crippen LogP contribution in [0.15, 0.2) is 35.1 Å². The predicted molar refractivity (Wildman–Crippen MR) is 91.2 cm³/mol. The second-order valence-electron chi connectivity index (χ2n) is 6.72. The molecule has 4 heterocycles. The molecule has 2 aliphatic rings. The van der Waals surface area contributed by atoms with Crippen molar-refractivity contribution in [1.82, 2.24) is 20.0 Å². The van der Waals surface area contributed by atoms with Crippen LogP contribution in [0.2, 0.25) is 0 Å². The zero-order chi connectivity index (χ0) is 17.1. The van der Waals surface area contributed by atoms with E-state index in [1.807, 2.05) is 6.20 Å². The number of rotatable bonds is 5. The number of hydrogen-bond donors (Lipinski definition) is 1. The Hall–Kier alpha value is -2.12. The van der Waals surface area contributed by atoms with Gasteiger partial charge >= 0.3 is 0 Å². The van der Waals surface area contributed by atoms with Crippen LogP contribution in [0.3, 0.4) is 0 Å². The third-order valence-electron chi connectivity index (χ3n) is 5.12. The lowest BCUT2D eigenvalue weighted by molar-refractivity contribution is 0.0158. The van der Waals surface area contributed by atoms with Gasteiger partial charge in [-0.3, -0.25) is 14.4 Å². The minimum atomic E-state index is -0.164. The second kappa shape index (κ2) is 7.41. The van der Waals surface area contributed by atoms with E-state index < -0.39 is 0 Å². The van der Waals surface area contributed by atoms with Crippen LogP contribution in [-0.2, 0) is 11.3 Å². The van der Waals surface area contributed by atoms with Crippen LogP contribution in [-0.4, -0.2) is 52.9 Å². The molecule has 1 N–H and O–H groups in total. The van der Waals surface area contributed by atoms with Gasteiger partial charge in [0.15, 0.2) is 5.76 Å². The molecule has 0 spiro atoms. The van der Waals surface area contributed by atoms with Gasteiger partial charge in [0.05, 0.1) is 18.0 Å². The Balaban J connectivity index is 1.37. The van der Waals surface area contributed by atoms with E-state index in [2.05, 4.69) is 26.1 Å². The zero-order valence-corrected chi connectivity index (χ0v) is 14.3. The van der Waals surface area contributed by atoms with Crippen LogP contribution in [0, 0.1) is 0 Å². The lowest BCUT2D eigenvalue weighted by Crippen LogP contribution is -2.46. The maximum absolute atomic E-state index is 12.0. The highest BCUT2D eigenvalue weighted by Crippen LogP contribution is 2.27. The van der Waals surface area contributed by atoms with E-state index in [9.17, 15) is 4.79 Å². The number of nitrogens with one attached hydrogen (secondary N) is 1. The maximum Gasteiger partial charge on any atom is 0.286 e. The van der Waals surface area contributed by atoms with Crippen LogP contribution < -0.4 is 5.32 Å². The molecule has 2 aliphatic heterocycles. The highest BCUT2D eigenvalue weighted by molar-refractivity contribution is 5.91. The fourth-order valence-electron chi connectivity index (χ4n) is 3.81. The summed E-state index contributed by atoms with van der Waals surface area (Å²) in [6, 6.07) is 6.35. The number of amides is 1. The molecule has 7 nitrogen and oxygen atoms in total. The molecule has 1 fully saturated rings. The molecule has 4 rings (SSSR count). The molecule has 1 atom stereocenters. The number of ether oxygens (including phenoxy) is 1. The topological polar surface area (TPSA) is 72.5 Å². The molecule has 2 aromatic heterocycles. The largest absolute Gasteiger partial charge is 0.459 e. The van der Waals surface area contributed by atoms with Gasteiger partial charge in [0.25, 0.3) is 5.91 Å². The van der Waals surface area contributed by atoms with E-state index in [4.69, 9.17) is 9.15 Å². The normalized spacial score (nSPS) is 21.8. The number of fused-ring (bicyclic) bond motifs is 1. The Morgan fingerprint density at radius 3 is 3.00 bits per heavy atom. The van der Waals surface area contributed by atoms with Crippen LogP contribution in [0.1, 0.15) is 41.6 Å². The van der Waals surface area contributed by atoms with E-state index in [-0.39, 0.29) is 11.9 Å². The van der Waals surface area contributed by atoms with E-state index in [0.717, 1.165) is 45.6 Å². The summed E-state index contributed by atoms with van der Waals surface area (Å²) in [6.45, 7) is 4.22. The van der Waals surface area contributed by atoms with Gasteiger partial charge in [-0.05, 0) is 37.5 Å². The van der Waals surface area contributed by atoms with E-state index in [1.165, 1.54) is 12.0 Å². The van der Waals surface area contributed by atoms with Gasteiger partial charge in [-0.15, -0.1) is 0 Å². The van der Waals surface area contributed by atoms with Gasteiger partial charge in [0.1, 0.15) is 0 Å². The Kier molecular flexibility index (Phi) is 4.85.